The standard InChI is InChI=1S/C17H27NO2S/c18-9-8-17(20)14-6-7-15(19)11-16(10-14)21-12-13-4-2-1-3-5-13/h10-11,13,17,20H,1-9,12,18H2. The molecule has 0 aromatic carbocycles. The summed E-state index contributed by atoms with van der Waals surface area (Å²) in [5.41, 5.74) is 6.49. The Morgan fingerprint density at radius 3 is 2.71 bits per heavy atom. The van der Waals surface area contributed by atoms with Crippen LogP contribution in [0.3, 0.4) is 0 Å². The van der Waals surface area contributed by atoms with E-state index in [4.69, 9.17) is 5.73 Å². The predicted molar refractivity (Wildman–Crippen MR) is 89.1 cm³/mol. The van der Waals surface area contributed by atoms with Crippen LogP contribution in [-0.2, 0) is 4.79 Å². The highest BCUT2D eigenvalue weighted by Crippen LogP contribution is 2.32. The number of rotatable bonds is 6. The van der Waals surface area contributed by atoms with Crippen LogP contribution in [-0.4, -0.2) is 29.3 Å². The first-order valence-corrected chi connectivity index (χ1v) is 9.13. The van der Waals surface area contributed by atoms with Gasteiger partial charge in [0, 0.05) is 17.1 Å². The molecule has 2 aliphatic carbocycles. The zero-order valence-corrected chi connectivity index (χ0v) is 13.5. The maximum atomic E-state index is 11.8. The summed E-state index contributed by atoms with van der Waals surface area (Å²) in [6.45, 7) is 0.473. The molecule has 1 atom stereocenters. The summed E-state index contributed by atoms with van der Waals surface area (Å²) in [6, 6.07) is 0. The van der Waals surface area contributed by atoms with E-state index in [1.807, 2.05) is 6.08 Å². The average Bonchev–Trinajstić information content (AvgIpc) is 2.68. The lowest BCUT2D eigenvalue weighted by Crippen LogP contribution is -2.16. The number of carbonyl (C=O) groups excluding carboxylic acids is 1. The monoisotopic (exact) mass is 309 g/mol. The Morgan fingerprint density at radius 1 is 1.24 bits per heavy atom. The molecule has 21 heavy (non-hydrogen) atoms. The van der Waals surface area contributed by atoms with E-state index >= 15 is 0 Å². The van der Waals surface area contributed by atoms with Crippen LogP contribution >= 0.6 is 11.8 Å². The molecule has 0 aliphatic heterocycles. The van der Waals surface area contributed by atoms with E-state index in [1.54, 1.807) is 17.8 Å². The van der Waals surface area contributed by atoms with E-state index in [-0.39, 0.29) is 5.78 Å². The van der Waals surface area contributed by atoms with Crippen LogP contribution in [0.1, 0.15) is 51.4 Å². The molecule has 0 spiro atoms. The van der Waals surface area contributed by atoms with Gasteiger partial charge in [-0.3, -0.25) is 4.79 Å². The summed E-state index contributed by atoms with van der Waals surface area (Å²) in [5.74, 6) is 2.05. The van der Waals surface area contributed by atoms with Crippen LogP contribution in [0.5, 0.6) is 0 Å². The third kappa shape index (κ3) is 5.61. The average molecular weight is 309 g/mol. The lowest BCUT2D eigenvalue weighted by atomic mass is 9.91. The molecule has 3 nitrogen and oxygen atoms in total. The first-order valence-electron chi connectivity index (χ1n) is 8.15. The number of thioether (sulfide) groups is 1. The normalized spacial score (nSPS) is 22.5. The van der Waals surface area contributed by atoms with Crippen molar-refractivity contribution in [1.29, 1.82) is 0 Å². The van der Waals surface area contributed by atoms with Crippen molar-refractivity contribution >= 4 is 17.5 Å². The highest BCUT2D eigenvalue weighted by atomic mass is 32.2. The molecule has 0 saturated heterocycles. The van der Waals surface area contributed by atoms with Gasteiger partial charge in [0.15, 0.2) is 5.78 Å². The van der Waals surface area contributed by atoms with Gasteiger partial charge in [0.2, 0.25) is 0 Å². The van der Waals surface area contributed by atoms with Gasteiger partial charge in [0.1, 0.15) is 0 Å². The maximum Gasteiger partial charge on any atom is 0.157 e. The van der Waals surface area contributed by atoms with E-state index in [1.165, 1.54) is 32.1 Å². The van der Waals surface area contributed by atoms with E-state index in [0.29, 0.717) is 25.8 Å². The minimum Gasteiger partial charge on any atom is -0.389 e. The van der Waals surface area contributed by atoms with Crippen LogP contribution in [0.25, 0.3) is 0 Å². The first-order chi connectivity index (χ1) is 10.2. The predicted octanol–water partition coefficient (Wildman–Crippen LogP) is 3.18. The van der Waals surface area contributed by atoms with E-state index in [9.17, 15) is 9.90 Å². The smallest absolute Gasteiger partial charge is 0.157 e. The Morgan fingerprint density at radius 2 is 2.00 bits per heavy atom. The molecule has 1 saturated carbocycles. The molecular weight excluding hydrogens is 282 g/mol. The number of hydrogen-bond acceptors (Lipinski definition) is 4. The third-order valence-electron chi connectivity index (χ3n) is 4.37. The topological polar surface area (TPSA) is 63.3 Å². The Balaban J connectivity index is 1.95. The molecule has 0 aromatic rings. The van der Waals surface area contributed by atoms with Crippen molar-refractivity contribution in [2.45, 2.75) is 57.5 Å². The fraction of sp³-hybridized carbons (Fsp3) is 0.706. The van der Waals surface area contributed by atoms with Crippen LogP contribution in [0.15, 0.2) is 22.6 Å². The van der Waals surface area contributed by atoms with Crippen molar-refractivity contribution in [3.05, 3.63) is 22.6 Å². The molecule has 2 aliphatic rings. The Labute approximate surface area is 132 Å². The second kappa shape index (κ2) is 8.76. The molecule has 2 rings (SSSR count). The molecule has 0 aromatic heterocycles. The number of aliphatic hydroxyl groups is 1. The Hall–Kier alpha value is -0.580. The van der Waals surface area contributed by atoms with Gasteiger partial charge in [-0.2, -0.15) is 0 Å². The molecule has 0 heterocycles. The highest BCUT2D eigenvalue weighted by Gasteiger charge is 2.18. The van der Waals surface area contributed by atoms with Crippen molar-refractivity contribution in [2.75, 3.05) is 12.3 Å². The van der Waals surface area contributed by atoms with Gasteiger partial charge in [-0.1, -0.05) is 19.3 Å². The molecular formula is C17H27NO2S. The summed E-state index contributed by atoms with van der Waals surface area (Å²) in [6.07, 6.45) is 11.7. The van der Waals surface area contributed by atoms with E-state index < -0.39 is 6.10 Å². The minimum atomic E-state index is -0.500. The van der Waals surface area contributed by atoms with Gasteiger partial charge in [0.05, 0.1) is 6.10 Å². The van der Waals surface area contributed by atoms with Crippen molar-refractivity contribution in [3.8, 4) is 0 Å². The van der Waals surface area contributed by atoms with Gasteiger partial charge < -0.3 is 10.8 Å². The third-order valence-corrected chi connectivity index (χ3v) is 5.58. The van der Waals surface area contributed by atoms with Crippen LogP contribution in [0.4, 0.5) is 0 Å². The molecule has 1 unspecified atom stereocenters. The molecule has 0 bridgehead atoms. The molecule has 1 fully saturated rings. The van der Waals surface area contributed by atoms with Crippen molar-refractivity contribution in [2.24, 2.45) is 11.7 Å². The summed E-state index contributed by atoms with van der Waals surface area (Å²) < 4.78 is 0. The fourth-order valence-corrected chi connectivity index (χ4v) is 4.26. The summed E-state index contributed by atoms with van der Waals surface area (Å²) >= 11 is 1.78. The zero-order chi connectivity index (χ0) is 15.1. The Bertz CT molecular complexity index is 411. The van der Waals surface area contributed by atoms with Gasteiger partial charge in [0.25, 0.3) is 0 Å². The second-order valence-corrected chi connectivity index (χ2v) is 7.23. The van der Waals surface area contributed by atoms with Crippen molar-refractivity contribution in [1.82, 2.24) is 0 Å². The number of ketones is 1. The number of nitrogens with two attached hydrogens (primary N) is 1. The number of aliphatic hydroxyl groups excluding tert-OH is 1. The van der Waals surface area contributed by atoms with Crippen LogP contribution < -0.4 is 5.73 Å². The lowest BCUT2D eigenvalue weighted by molar-refractivity contribution is -0.114. The minimum absolute atomic E-state index is 0.173. The number of hydrogen-bond donors (Lipinski definition) is 2. The van der Waals surface area contributed by atoms with E-state index in [0.717, 1.165) is 22.1 Å². The maximum absolute atomic E-state index is 11.8. The number of allylic oxidation sites excluding steroid dienone is 2. The quantitative estimate of drug-likeness (QED) is 0.791. The van der Waals surface area contributed by atoms with Gasteiger partial charge >= 0.3 is 0 Å². The molecule has 0 radical (unpaired) electrons. The van der Waals surface area contributed by atoms with Crippen molar-refractivity contribution < 1.29 is 9.90 Å². The molecule has 3 N–H and O–H groups in total. The molecule has 0 amide bonds. The Kier molecular flexibility index (Phi) is 7.00. The second-order valence-electron chi connectivity index (χ2n) is 6.14. The largest absolute Gasteiger partial charge is 0.389 e. The van der Waals surface area contributed by atoms with Crippen LogP contribution in [0.2, 0.25) is 0 Å². The highest BCUT2D eigenvalue weighted by molar-refractivity contribution is 8.03. The summed E-state index contributed by atoms with van der Waals surface area (Å²) in [7, 11) is 0. The van der Waals surface area contributed by atoms with Gasteiger partial charge in [-0.15, -0.1) is 11.8 Å². The number of carbonyl (C=O) groups is 1. The fourth-order valence-electron chi connectivity index (χ4n) is 3.05. The molecule has 4 heteroatoms. The zero-order valence-electron chi connectivity index (χ0n) is 12.7. The van der Waals surface area contributed by atoms with Gasteiger partial charge in [-0.05, 0) is 55.9 Å². The summed E-state index contributed by atoms with van der Waals surface area (Å²) in [5, 5.41) is 10.1. The van der Waals surface area contributed by atoms with Gasteiger partial charge in [-0.25, -0.2) is 0 Å². The summed E-state index contributed by atoms with van der Waals surface area (Å²) in [4.78, 5) is 12.9. The van der Waals surface area contributed by atoms with E-state index in [2.05, 4.69) is 0 Å². The molecule has 118 valence electrons. The van der Waals surface area contributed by atoms with Crippen molar-refractivity contribution in [3.63, 3.8) is 0 Å². The van der Waals surface area contributed by atoms with Crippen LogP contribution in [0, 0.1) is 5.92 Å². The lowest BCUT2D eigenvalue weighted by Gasteiger charge is -2.21. The first kappa shape index (κ1) is 16.8. The SMILES string of the molecule is NCCC(O)C1=CC(SCC2CCCCC2)=CC(=O)CC1.